The molecule has 0 saturated carbocycles. The van der Waals surface area contributed by atoms with Crippen LogP contribution in [0, 0.1) is 3.82 Å². The second-order valence-electron chi connectivity index (χ2n) is 6.03. The predicted molar refractivity (Wildman–Crippen MR) is 111 cm³/mol. The number of rotatable bonds is 6. The molecule has 0 amide bonds. The number of hydrogen-bond acceptors (Lipinski definition) is 7. The van der Waals surface area contributed by atoms with E-state index in [0.29, 0.717) is 5.75 Å². The van der Waals surface area contributed by atoms with Gasteiger partial charge in [-0.2, -0.15) is 0 Å². The molecule has 1 aromatic carbocycles. The van der Waals surface area contributed by atoms with Crippen molar-refractivity contribution in [2.75, 3.05) is 39.3 Å². The number of piperazine rings is 1. The number of aromatic hydroxyl groups is 1. The zero-order valence-electron chi connectivity index (χ0n) is 13.9. The molecule has 1 aromatic heterocycles. The van der Waals surface area contributed by atoms with Crippen LogP contribution in [0.1, 0.15) is 12.0 Å². The summed E-state index contributed by atoms with van der Waals surface area (Å²) >= 11 is 5.21. The lowest BCUT2D eigenvalue weighted by Gasteiger charge is -2.34. The SMILES string of the molecule is Cl.OCCCN1CCN(Cc2cc(-c3cc(=S)ss3)ccc2O)CC1. The number of halogens is 1. The van der Waals surface area contributed by atoms with Crippen LogP contribution in [-0.2, 0) is 6.54 Å². The quantitative estimate of drug-likeness (QED) is 0.551. The van der Waals surface area contributed by atoms with Crippen molar-refractivity contribution >= 4 is 45.3 Å². The van der Waals surface area contributed by atoms with E-state index in [0.717, 1.165) is 60.6 Å². The van der Waals surface area contributed by atoms with Crippen LogP contribution in [0.25, 0.3) is 10.4 Å². The third-order valence-electron chi connectivity index (χ3n) is 4.32. The van der Waals surface area contributed by atoms with Gasteiger partial charge in [0.25, 0.3) is 0 Å². The average molecular weight is 419 g/mol. The third kappa shape index (κ3) is 5.72. The molecular formula is C17H23ClN2O2S3. The largest absolute Gasteiger partial charge is 0.508 e. The van der Waals surface area contributed by atoms with Crippen molar-refractivity contribution in [2.45, 2.75) is 13.0 Å². The Morgan fingerprint density at radius 2 is 1.76 bits per heavy atom. The van der Waals surface area contributed by atoms with E-state index in [1.165, 1.54) is 4.88 Å². The Labute approximate surface area is 167 Å². The summed E-state index contributed by atoms with van der Waals surface area (Å²) in [6, 6.07) is 7.86. The molecule has 1 fully saturated rings. The first-order valence-corrected chi connectivity index (χ1v) is 10.7. The topological polar surface area (TPSA) is 46.9 Å². The molecule has 1 aliphatic heterocycles. The molecular weight excluding hydrogens is 396 g/mol. The highest BCUT2D eigenvalue weighted by Gasteiger charge is 2.18. The molecule has 0 bridgehead atoms. The minimum Gasteiger partial charge on any atom is -0.508 e. The lowest BCUT2D eigenvalue weighted by atomic mass is 10.1. The van der Waals surface area contributed by atoms with Gasteiger partial charge < -0.3 is 15.1 Å². The maximum absolute atomic E-state index is 10.2. The highest BCUT2D eigenvalue weighted by atomic mass is 35.5. The summed E-state index contributed by atoms with van der Waals surface area (Å²) in [5.41, 5.74) is 2.10. The highest BCUT2D eigenvalue weighted by Crippen LogP contribution is 2.32. The van der Waals surface area contributed by atoms with Gasteiger partial charge in [-0.1, -0.05) is 32.9 Å². The first-order valence-electron chi connectivity index (χ1n) is 8.14. The number of phenols is 1. The van der Waals surface area contributed by atoms with Crippen LogP contribution >= 0.6 is 45.3 Å². The average Bonchev–Trinajstić information content (AvgIpc) is 3.03. The van der Waals surface area contributed by atoms with Crippen molar-refractivity contribution < 1.29 is 10.2 Å². The summed E-state index contributed by atoms with van der Waals surface area (Å²) in [5, 5.41) is 19.1. The normalized spacial score (nSPS) is 15.9. The molecule has 0 radical (unpaired) electrons. The standard InChI is InChI=1S/C17H22N2O2S3.ClH/c20-9-1-4-18-5-7-19(8-6-18)12-14-10-13(2-3-15(14)21)16-11-17(22)24-23-16;/h2-3,10-11,20-21H,1,4-9,12H2;1H. The van der Waals surface area contributed by atoms with E-state index in [1.807, 2.05) is 12.1 Å². The minimum atomic E-state index is 0. The van der Waals surface area contributed by atoms with Crippen molar-refractivity contribution in [3.63, 3.8) is 0 Å². The second kappa shape index (κ2) is 9.97. The molecule has 2 N–H and O–H groups in total. The molecule has 0 aliphatic carbocycles. The van der Waals surface area contributed by atoms with Crippen molar-refractivity contribution in [3.05, 3.63) is 33.7 Å². The first-order chi connectivity index (χ1) is 11.7. The predicted octanol–water partition coefficient (Wildman–Crippen LogP) is 3.83. The first kappa shape index (κ1) is 20.8. The Morgan fingerprint density at radius 1 is 1.04 bits per heavy atom. The molecule has 25 heavy (non-hydrogen) atoms. The molecule has 0 atom stereocenters. The molecule has 1 saturated heterocycles. The number of aliphatic hydroxyl groups excluding tert-OH is 1. The summed E-state index contributed by atoms with van der Waals surface area (Å²) in [5.74, 6) is 0.361. The van der Waals surface area contributed by atoms with E-state index in [-0.39, 0.29) is 19.0 Å². The summed E-state index contributed by atoms with van der Waals surface area (Å²) < 4.78 is 0.906. The van der Waals surface area contributed by atoms with Gasteiger partial charge in [-0.3, -0.25) is 4.90 Å². The second-order valence-corrected chi connectivity index (χ2v) is 8.94. The molecule has 1 aliphatic rings. The van der Waals surface area contributed by atoms with Crippen LogP contribution in [-0.4, -0.2) is 59.3 Å². The van der Waals surface area contributed by atoms with Crippen molar-refractivity contribution in [1.29, 1.82) is 0 Å². The van der Waals surface area contributed by atoms with Crippen LogP contribution in [0.2, 0.25) is 0 Å². The van der Waals surface area contributed by atoms with Crippen LogP contribution in [0.5, 0.6) is 5.75 Å². The summed E-state index contributed by atoms with van der Waals surface area (Å²) in [4.78, 5) is 5.94. The minimum absolute atomic E-state index is 0. The van der Waals surface area contributed by atoms with Crippen LogP contribution in [0.3, 0.4) is 0 Å². The van der Waals surface area contributed by atoms with Gasteiger partial charge in [0.1, 0.15) is 9.57 Å². The molecule has 2 aromatic rings. The van der Waals surface area contributed by atoms with Crippen molar-refractivity contribution in [2.24, 2.45) is 0 Å². The summed E-state index contributed by atoms with van der Waals surface area (Å²) in [6.07, 6.45) is 0.843. The number of phenolic OH excluding ortho intramolecular Hbond substituents is 1. The molecule has 4 nitrogen and oxygen atoms in total. The molecule has 3 rings (SSSR count). The number of benzene rings is 1. The molecule has 0 spiro atoms. The Morgan fingerprint density at radius 3 is 2.40 bits per heavy atom. The fourth-order valence-electron chi connectivity index (χ4n) is 2.94. The maximum atomic E-state index is 10.2. The van der Waals surface area contributed by atoms with E-state index in [9.17, 15) is 5.11 Å². The van der Waals surface area contributed by atoms with Gasteiger partial charge in [0.05, 0.1) is 0 Å². The van der Waals surface area contributed by atoms with E-state index in [1.54, 1.807) is 26.7 Å². The Kier molecular flexibility index (Phi) is 8.28. The molecule has 138 valence electrons. The maximum Gasteiger partial charge on any atom is 0.120 e. The van der Waals surface area contributed by atoms with Gasteiger partial charge in [0.2, 0.25) is 0 Å². The van der Waals surface area contributed by atoms with E-state index in [4.69, 9.17) is 17.3 Å². The molecule has 2 heterocycles. The van der Waals surface area contributed by atoms with Gasteiger partial charge in [-0.05, 0) is 36.2 Å². The van der Waals surface area contributed by atoms with Crippen molar-refractivity contribution in [3.8, 4) is 16.2 Å². The van der Waals surface area contributed by atoms with E-state index >= 15 is 0 Å². The van der Waals surface area contributed by atoms with Crippen LogP contribution in [0.4, 0.5) is 0 Å². The number of aliphatic hydroxyl groups is 1. The fraction of sp³-hybridized carbons (Fsp3) is 0.471. The van der Waals surface area contributed by atoms with Gasteiger partial charge in [-0.15, -0.1) is 12.4 Å². The number of hydrogen-bond donors (Lipinski definition) is 2. The van der Waals surface area contributed by atoms with Gasteiger partial charge in [-0.25, -0.2) is 0 Å². The highest BCUT2D eigenvalue weighted by molar-refractivity contribution is 7.80. The smallest absolute Gasteiger partial charge is 0.120 e. The van der Waals surface area contributed by atoms with E-state index < -0.39 is 0 Å². The Balaban J connectivity index is 0.00000225. The molecule has 0 unspecified atom stereocenters. The zero-order valence-corrected chi connectivity index (χ0v) is 17.2. The summed E-state index contributed by atoms with van der Waals surface area (Å²) in [7, 11) is 3.30. The number of nitrogens with zero attached hydrogens (tertiary/aromatic N) is 2. The lowest BCUT2D eigenvalue weighted by Crippen LogP contribution is -2.46. The fourth-order valence-corrected chi connectivity index (χ4v) is 5.34. The third-order valence-corrected chi connectivity index (χ3v) is 7.23. The Bertz CT molecular complexity index is 727. The van der Waals surface area contributed by atoms with Crippen LogP contribution < -0.4 is 0 Å². The zero-order chi connectivity index (χ0) is 16.9. The van der Waals surface area contributed by atoms with Crippen LogP contribution in [0.15, 0.2) is 24.3 Å². The summed E-state index contributed by atoms with van der Waals surface area (Å²) in [6.45, 7) is 6.02. The van der Waals surface area contributed by atoms with Gasteiger partial charge in [0, 0.05) is 56.3 Å². The lowest BCUT2D eigenvalue weighted by molar-refractivity contribution is 0.119. The monoisotopic (exact) mass is 418 g/mol. The van der Waals surface area contributed by atoms with E-state index in [2.05, 4.69) is 15.9 Å². The Hall–Kier alpha value is -0.540. The van der Waals surface area contributed by atoms with Gasteiger partial charge in [0.15, 0.2) is 0 Å². The molecule has 8 heteroatoms. The van der Waals surface area contributed by atoms with Crippen molar-refractivity contribution in [1.82, 2.24) is 9.80 Å². The van der Waals surface area contributed by atoms with Gasteiger partial charge >= 0.3 is 0 Å².